The van der Waals surface area contributed by atoms with Gasteiger partial charge in [0.15, 0.2) is 5.78 Å². The van der Waals surface area contributed by atoms with E-state index >= 15 is 0 Å². The van der Waals surface area contributed by atoms with Crippen molar-refractivity contribution in [2.24, 2.45) is 0 Å². The highest BCUT2D eigenvalue weighted by molar-refractivity contribution is 5.96. The van der Waals surface area contributed by atoms with Crippen LogP contribution >= 0.6 is 0 Å². The minimum absolute atomic E-state index is 0.0502. The summed E-state index contributed by atoms with van der Waals surface area (Å²) in [7, 11) is 0. The topological polar surface area (TPSA) is 41.6 Å². The Morgan fingerprint density at radius 2 is 2.10 bits per heavy atom. The maximum atomic E-state index is 11.5. The molecule has 1 fully saturated rings. The van der Waals surface area contributed by atoms with E-state index in [9.17, 15) is 4.79 Å². The molecule has 20 heavy (non-hydrogen) atoms. The van der Waals surface area contributed by atoms with Crippen molar-refractivity contribution in [2.75, 3.05) is 32.8 Å². The van der Waals surface area contributed by atoms with Crippen molar-refractivity contribution in [3.63, 3.8) is 0 Å². The fourth-order valence-corrected chi connectivity index (χ4v) is 2.45. The van der Waals surface area contributed by atoms with Crippen LogP contribution in [0.2, 0.25) is 0 Å². The first-order valence-electron chi connectivity index (χ1n) is 7.40. The lowest BCUT2D eigenvalue weighted by atomic mass is 10.1. The van der Waals surface area contributed by atoms with Gasteiger partial charge in [-0.05, 0) is 32.0 Å². The molecule has 1 aromatic carbocycles. The van der Waals surface area contributed by atoms with Gasteiger partial charge in [0.25, 0.3) is 0 Å². The Kier molecular flexibility index (Phi) is 5.56. The van der Waals surface area contributed by atoms with E-state index in [1.54, 1.807) is 6.92 Å². The van der Waals surface area contributed by atoms with E-state index in [1.807, 2.05) is 24.3 Å². The summed E-state index contributed by atoms with van der Waals surface area (Å²) in [5, 5.41) is 3.31. The number of nitrogens with one attached hydrogen (secondary N) is 1. The molecule has 1 aliphatic heterocycles. The van der Waals surface area contributed by atoms with Gasteiger partial charge >= 0.3 is 0 Å². The van der Waals surface area contributed by atoms with Crippen LogP contribution in [0, 0.1) is 0 Å². The summed E-state index contributed by atoms with van der Waals surface area (Å²) in [6, 6.07) is 8.10. The quantitative estimate of drug-likeness (QED) is 0.737. The van der Waals surface area contributed by atoms with Crippen LogP contribution < -0.4 is 10.1 Å². The Morgan fingerprint density at radius 3 is 2.70 bits per heavy atom. The average Bonchev–Trinajstić information content (AvgIpc) is 2.37. The Hall–Kier alpha value is -1.39. The van der Waals surface area contributed by atoms with E-state index in [2.05, 4.69) is 17.1 Å². The molecule has 110 valence electrons. The average molecular weight is 276 g/mol. The molecule has 1 aliphatic rings. The molecule has 4 heteroatoms. The van der Waals surface area contributed by atoms with Crippen molar-refractivity contribution in [1.29, 1.82) is 0 Å². The standard InChI is InChI=1S/C16H24N2O2/c1-3-8-18(14-11-17-12-14)9-10-20-16-7-5-4-6-15(16)13(2)19/h4-7,14,17H,3,8-12H2,1-2H3. The van der Waals surface area contributed by atoms with E-state index in [4.69, 9.17) is 4.74 Å². The second kappa shape index (κ2) is 7.41. The van der Waals surface area contributed by atoms with Crippen molar-refractivity contribution >= 4 is 5.78 Å². The van der Waals surface area contributed by atoms with E-state index < -0.39 is 0 Å². The molecule has 0 spiro atoms. The zero-order valence-electron chi connectivity index (χ0n) is 12.4. The van der Waals surface area contributed by atoms with Gasteiger partial charge in [-0.2, -0.15) is 0 Å². The third kappa shape index (κ3) is 3.81. The summed E-state index contributed by atoms with van der Waals surface area (Å²) in [5.74, 6) is 0.748. The number of rotatable bonds is 8. The fraction of sp³-hybridized carbons (Fsp3) is 0.562. The lowest BCUT2D eigenvalue weighted by Gasteiger charge is -2.38. The summed E-state index contributed by atoms with van der Waals surface area (Å²) in [5.41, 5.74) is 0.667. The van der Waals surface area contributed by atoms with Crippen LogP contribution in [0.4, 0.5) is 0 Å². The van der Waals surface area contributed by atoms with E-state index in [0.717, 1.165) is 32.6 Å². The summed E-state index contributed by atoms with van der Waals surface area (Å²) in [4.78, 5) is 14.0. The van der Waals surface area contributed by atoms with Gasteiger partial charge in [-0.15, -0.1) is 0 Å². The Morgan fingerprint density at radius 1 is 1.35 bits per heavy atom. The van der Waals surface area contributed by atoms with Crippen LogP contribution in [0.15, 0.2) is 24.3 Å². The van der Waals surface area contributed by atoms with Gasteiger partial charge in [-0.3, -0.25) is 9.69 Å². The molecule has 0 aromatic heterocycles. The first kappa shape index (κ1) is 15.0. The molecule has 4 nitrogen and oxygen atoms in total. The predicted octanol–water partition coefficient (Wildman–Crippen LogP) is 1.95. The van der Waals surface area contributed by atoms with Crippen LogP contribution in [0.25, 0.3) is 0 Å². The van der Waals surface area contributed by atoms with Gasteiger partial charge in [-0.1, -0.05) is 19.1 Å². The van der Waals surface area contributed by atoms with Crippen LogP contribution in [0.5, 0.6) is 5.75 Å². The molecule has 0 unspecified atom stereocenters. The van der Waals surface area contributed by atoms with Gasteiger partial charge in [0.1, 0.15) is 12.4 Å². The zero-order chi connectivity index (χ0) is 14.4. The first-order valence-corrected chi connectivity index (χ1v) is 7.40. The number of carbonyl (C=O) groups is 1. The lowest BCUT2D eigenvalue weighted by molar-refractivity contribution is 0.100. The summed E-state index contributed by atoms with van der Waals surface area (Å²) < 4.78 is 5.81. The van der Waals surface area contributed by atoms with Crippen LogP contribution in [-0.2, 0) is 0 Å². The van der Waals surface area contributed by atoms with Gasteiger partial charge < -0.3 is 10.1 Å². The number of Topliss-reactive ketones (excluding diaryl/α,β-unsaturated/α-hetero) is 1. The van der Waals surface area contributed by atoms with Crippen molar-refractivity contribution in [3.05, 3.63) is 29.8 Å². The van der Waals surface area contributed by atoms with Crippen molar-refractivity contribution in [3.8, 4) is 5.75 Å². The second-order valence-corrected chi connectivity index (χ2v) is 5.25. The third-order valence-corrected chi connectivity index (χ3v) is 3.69. The Labute approximate surface area is 121 Å². The van der Waals surface area contributed by atoms with Crippen LogP contribution in [-0.4, -0.2) is 49.5 Å². The molecule has 0 atom stereocenters. The Balaban J connectivity index is 1.86. The molecule has 1 heterocycles. The lowest BCUT2D eigenvalue weighted by Crippen LogP contribution is -2.58. The van der Waals surface area contributed by atoms with E-state index in [0.29, 0.717) is 24.0 Å². The predicted molar refractivity (Wildman–Crippen MR) is 80.5 cm³/mol. The zero-order valence-corrected chi connectivity index (χ0v) is 12.4. The highest BCUT2D eigenvalue weighted by Gasteiger charge is 2.23. The number of benzene rings is 1. The minimum atomic E-state index is 0.0502. The number of ether oxygens (including phenoxy) is 1. The van der Waals surface area contributed by atoms with Gasteiger partial charge in [-0.25, -0.2) is 0 Å². The number of nitrogens with zero attached hydrogens (tertiary/aromatic N) is 1. The first-order chi connectivity index (χ1) is 9.72. The maximum Gasteiger partial charge on any atom is 0.163 e. The summed E-state index contributed by atoms with van der Waals surface area (Å²) >= 11 is 0. The number of hydrogen-bond donors (Lipinski definition) is 1. The molecular formula is C16H24N2O2. The van der Waals surface area contributed by atoms with Crippen LogP contribution in [0.3, 0.4) is 0 Å². The normalized spacial score (nSPS) is 15.2. The molecule has 0 aliphatic carbocycles. The monoisotopic (exact) mass is 276 g/mol. The SMILES string of the molecule is CCCN(CCOc1ccccc1C(C)=O)C1CNC1. The van der Waals surface area contributed by atoms with Gasteiger partial charge in [0.05, 0.1) is 5.56 Å². The number of carbonyl (C=O) groups excluding carboxylic acids is 1. The molecule has 1 N–H and O–H groups in total. The molecule has 2 rings (SSSR count). The van der Waals surface area contributed by atoms with Crippen molar-refractivity contribution in [2.45, 2.75) is 26.3 Å². The van der Waals surface area contributed by atoms with Gasteiger partial charge in [0.2, 0.25) is 0 Å². The fourth-order valence-electron chi connectivity index (χ4n) is 2.45. The van der Waals surface area contributed by atoms with Crippen molar-refractivity contribution in [1.82, 2.24) is 10.2 Å². The summed E-state index contributed by atoms with van der Waals surface area (Å²) in [6.45, 7) is 8.56. The smallest absolute Gasteiger partial charge is 0.163 e. The molecule has 1 saturated heterocycles. The Bertz CT molecular complexity index is 444. The van der Waals surface area contributed by atoms with Crippen molar-refractivity contribution < 1.29 is 9.53 Å². The molecule has 1 aromatic rings. The molecular weight excluding hydrogens is 252 g/mol. The molecule has 0 radical (unpaired) electrons. The highest BCUT2D eigenvalue weighted by atomic mass is 16.5. The second-order valence-electron chi connectivity index (χ2n) is 5.25. The van der Waals surface area contributed by atoms with E-state index in [1.165, 1.54) is 0 Å². The minimum Gasteiger partial charge on any atom is -0.491 e. The molecule has 0 bridgehead atoms. The number of para-hydroxylation sites is 1. The number of hydrogen-bond acceptors (Lipinski definition) is 4. The van der Waals surface area contributed by atoms with Crippen LogP contribution in [0.1, 0.15) is 30.6 Å². The highest BCUT2D eigenvalue weighted by Crippen LogP contribution is 2.18. The molecule has 0 saturated carbocycles. The van der Waals surface area contributed by atoms with Gasteiger partial charge in [0, 0.05) is 25.7 Å². The third-order valence-electron chi connectivity index (χ3n) is 3.69. The maximum absolute atomic E-state index is 11.5. The largest absolute Gasteiger partial charge is 0.491 e. The summed E-state index contributed by atoms with van der Waals surface area (Å²) in [6.07, 6.45) is 1.15. The number of ketones is 1. The molecule has 0 amide bonds. The van der Waals surface area contributed by atoms with E-state index in [-0.39, 0.29) is 5.78 Å².